The van der Waals surface area contributed by atoms with E-state index in [2.05, 4.69) is 20.7 Å². The summed E-state index contributed by atoms with van der Waals surface area (Å²) < 4.78 is 0. The van der Waals surface area contributed by atoms with Crippen LogP contribution >= 0.6 is 0 Å². The van der Waals surface area contributed by atoms with E-state index in [4.69, 9.17) is 6.42 Å². The molecule has 32 heavy (non-hydrogen) atoms. The lowest BCUT2D eigenvalue weighted by molar-refractivity contribution is -0.139. The lowest BCUT2D eigenvalue weighted by Gasteiger charge is -2.41. The molecule has 172 valence electrons. The Kier molecular flexibility index (Phi) is 6.29. The van der Waals surface area contributed by atoms with Gasteiger partial charge in [0.2, 0.25) is 5.91 Å². The molecule has 1 spiro atoms. The zero-order chi connectivity index (χ0) is 22.9. The van der Waals surface area contributed by atoms with E-state index in [0.717, 1.165) is 74.3 Å². The number of aliphatic hydroxyl groups is 1. The number of anilines is 2. The fourth-order valence-corrected chi connectivity index (χ4v) is 5.65. The molecule has 8 heteroatoms. The number of rotatable bonds is 4. The van der Waals surface area contributed by atoms with Crippen LogP contribution in [0.1, 0.15) is 50.5 Å². The van der Waals surface area contributed by atoms with Crippen LogP contribution in [0.3, 0.4) is 0 Å². The Morgan fingerprint density at radius 3 is 2.72 bits per heavy atom. The largest absolute Gasteiger partial charge is 0.465 e. The van der Waals surface area contributed by atoms with Gasteiger partial charge in [0, 0.05) is 25.7 Å². The maximum absolute atomic E-state index is 13.5. The molecule has 2 amide bonds. The molecule has 1 aromatic rings. The number of likely N-dealkylation sites (tertiary alicyclic amines) is 1. The van der Waals surface area contributed by atoms with Gasteiger partial charge in [-0.15, -0.1) is 6.42 Å². The summed E-state index contributed by atoms with van der Waals surface area (Å²) in [6, 6.07) is 2.04. The Morgan fingerprint density at radius 2 is 2.06 bits per heavy atom. The van der Waals surface area contributed by atoms with Gasteiger partial charge in [-0.25, -0.2) is 9.78 Å². The Bertz CT molecular complexity index is 921. The molecule has 2 aliphatic heterocycles. The van der Waals surface area contributed by atoms with Crippen LogP contribution in [0.25, 0.3) is 0 Å². The summed E-state index contributed by atoms with van der Waals surface area (Å²) >= 11 is 0. The SMILES string of the molecule is C#CCN(C(=O)O)c1cnc(N2CCCC3(CCN(C4CCC(O)CC4)C3=O)C2)c(C)c1. The molecule has 0 bridgehead atoms. The normalized spacial score (nSPS) is 28.1. The molecular weight excluding hydrogens is 408 g/mol. The van der Waals surface area contributed by atoms with Gasteiger partial charge in [0.25, 0.3) is 0 Å². The minimum Gasteiger partial charge on any atom is -0.465 e. The Hall–Kier alpha value is -2.79. The number of piperidine rings is 1. The molecule has 1 aliphatic carbocycles. The van der Waals surface area contributed by atoms with Crippen LogP contribution in [0.2, 0.25) is 0 Å². The second kappa shape index (κ2) is 8.99. The highest BCUT2D eigenvalue weighted by atomic mass is 16.4. The van der Waals surface area contributed by atoms with Crippen LogP contribution in [-0.2, 0) is 4.79 Å². The molecule has 3 heterocycles. The molecule has 2 saturated heterocycles. The van der Waals surface area contributed by atoms with Gasteiger partial charge in [0.05, 0.1) is 29.9 Å². The number of aryl methyl sites for hydroxylation is 1. The van der Waals surface area contributed by atoms with Crippen molar-refractivity contribution in [2.24, 2.45) is 5.41 Å². The summed E-state index contributed by atoms with van der Waals surface area (Å²) in [5.41, 5.74) is 0.940. The van der Waals surface area contributed by atoms with Crippen LogP contribution in [0.5, 0.6) is 0 Å². The van der Waals surface area contributed by atoms with E-state index < -0.39 is 6.09 Å². The number of carboxylic acid groups (broad SMARTS) is 1. The topological polar surface area (TPSA) is 97.2 Å². The lowest BCUT2D eigenvalue weighted by atomic mass is 9.78. The highest BCUT2D eigenvalue weighted by Gasteiger charge is 2.50. The van der Waals surface area contributed by atoms with Gasteiger partial charge in [0.15, 0.2) is 0 Å². The number of aliphatic hydroxyl groups excluding tert-OH is 1. The predicted octanol–water partition coefficient (Wildman–Crippen LogP) is 2.63. The monoisotopic (exact) mass is 440 g/mol. The maximum Gasteiger partial charge on any atom is 0.412 e. The molecule has 0 aromatic carbocycles. The first-order valence-electron chi connectivity index (χ1n) is 11.5. The van der Waals surface area contributed by atoms with Gasteiger partial charge in [-0.2, -0.15) is 0 Å². The Labute approximate surface area is 189 Å². The fraction of sp³-hybridized carbons (Fsp3) is 0.625. The predicted molar refractivity (Wildman–Crippen MR) is 122 cm³/mol. The van der Waals surface area contributed by atoms with Crippen molar-refractivity contribution in [3.05, 3.63) is 17.8 Å². The average molecular weight is 441 g/mol. The average Bonchev–Trinajstić information content (AvgIpc) is 3.07. The fourth-order valence-electron chi connectivity index (χ4n) is 5.65. The molecule has 1 saturated carbocycles. The molecule has 3 fully saturated rings. The Balaban J connectivity index is 1.50. The van der Waals surface area contributed by atoms with Crippen molar-refractivity contribution >= 4 is 23.5 Å². The summed E-state index contributed by atoms with van der Waals surface area (Å²) in [7, 11) is 0. The summed E-state index contributed by atoms with van der Waals surface area (Å²) in [4.78, 5) is 35.0. The minimum absolute atomic E-state index is 0.0366. The molecule has 4 rings (SSSR count). The van der Waals surface area contributed by atoms with E-state index in [9.17, 15) is 19.8 Å². The van der Waals surface area contributed by atoms with Crippen molar-refractivity contribution < 1.29 is 19.8 Å². The molecule has 0 radical (unpaired) electrons. The van der Waals surface area contributed by atoms with Gasteiger partial charge in [-0.3, -0.25) is 9.69 Å². The number of hydrogen-bond acceptors (Lipinski definition) is 5. The smallest absolute Gasteiger partial charge is 0.412 e. The van der Waals surface area contributed by atoms with E-state index in [-0.39, 0.29) is 30.0 Å². The van der Waals surface area contributed by atoms with Gasteiger partial charge in [0.1, 0.15) is 5.82 Å². The van der Waals surface area contributed by atoms with E-state index in [1.165, 1.54) is 0 Å². The maximum atomic E-state index is 13.5. The first kappa shape index (κ1) is 22.4. The molecule has 2 N–H and O–H groups in total. The summed E-state index contributed by atoms with van der Waals surface area (Å²) in [5.74, 6) is 3.42. The third-order valence-electron chi connectivity index (χ3n) is 7.36. The van der Waals surface area contributed by atoms with Gasteiger partial charge in [-0.1, -0.05) is 5.92 Å². The van der Waals surface area contributed by atoms with E-state index in [0.29, 0.717) is 12.2 Å². The first-order valence-corrected chi connectivity index (χ1v) is 11.5. The third kappa shape index (κ3) is 4.14. The molecular formula is C24H32N4O4. The van der Waals surface area contributed by atoms with E-state index >= 15 is 0 Å². The Morgan fingerprint density at radius 1 is 1.31 bits per heavy atom. The van der Waals surface area contributed by atoms with Crippen LogP contribution in [0.15, 0.2) is 12.3 Å². The summed E-state index contributed by atoms with van der Waals surface area (Å²) in [5, 5.41) is 19.2. The van der Waals surface area contributed by atoms with Crippen molar-refractivity contribution in [3.8, 4) is 12.3 Å². The summed E-state index contributed by atoms with van der Waals surface area (Å²) in [6.07, 6.45) is 11.5. The van der Waals surface area contributed by atoms with Crippen LogP contribution in [-0.4, -0.2) is 70.4 Å². The van der Waals surface area contributed by atoms with Crippen LogP contribution in [0, 0.1) is 24.7 Å². The summed E-state index contributed by atoms with van der Waals surface area (Å²) in [6.45, 7) is 4.13. The van der Waals surface area contributed by atoms with E-state index in [1.54, 1.807) is 12.3 Å². The second-order valence-electron chi connectivity index (χ2n) is 9.42. The van der Waals surface area contributed by atoms with Crippen molar-refractivity contribution in [2.75, 3.05) is 36.0 Å². The van der Waals surface area contributed by atoms with Crippen LogP contribution in [0.4, 0.5) is 16.3 Å². The number of amides is 2. The number of terminal acetylenes is 1. The van der Waals surface area contributed by atoms with Crippen molar-refractivity contribution in [1.29, 1.82) is 0 Å². The standard InChI is InChI=1S/C24H32N4O4/c1-3-11-28(23(31)32)19-14-17(2)21(25-15-19)26-12-4-9-24(16-26)10-13-27(22(24)30)18-5-7-20(29)8-6-18/h1,14-15,18,20,29H,4-13,16H2,2H3,(H,31,32). The number of pyridine rings is 1. The zero-order valence-corrected chi connectivity index (χ0v) is 18.7. The minimum atomic E-state index is -1.11. The molecule has 3 aliphatic rings. The quantitative estimate of drug-likeness (QED) is 0.699. The molecule has 1 atom stereocenters. The first-order chi connectivity index (χ1) is 15.3. The molecule has 8 nitrogen and oxygen atoms in total. The number of carbonyl (C=O) groups is 2. The number of hydrogen-bond donors (Lipinski definition) is 2. The highest BCUT2D eigenvalue weighted by molar-refractivity contribution is 5.87. The second-order valence-corrected chi connectivity index (χ2v) is 9.42. The van der Waals surface area contributed by atoms with Gasteiger partial charge < -0.3 is 20.0 Å². The zero-order valence-electron chi connectivity index (χ0n) is 18.7. The van der Waals surface area contributed by atoms with Gasteiger partial charge >= 0.3 is 6.09 Å². The third-order valence-corrected chi connectivity index (χ3v) is 7.36. The molecule has 1 unspecified atom stereocenters. The van der Waals surface area contributed by atoms with E-state index in [1.807, 2.05) is 6.92 Å². The number of nitrogens with zero attached hydrogens (tertiary/aromatic N) is 4. The van der Waals surface area contributed by atoms with Crippen LogP contribution < -0.4 is 9.80 Å². The molecule has 1 aromatic heterocycles. The van der Waals surface area contributed by atoms with Crippen molar-refractivity contribution in [1.82, 2.24) is 9.88 Å². The van der Waals surface area contributed by atoms with Gasteiger partial charge in [-0.05, 0) is 63.5 Å². The number of aromatic nitrogens is 1. The van der Waals surface area contributed by atoms with Crippen molar-refractivity contribution in [2.45, 2.75) is 64.0 Å². The lowest BCUT2D eigenvalue weighted by Crippen LogP contribution is -2.50. The van der Waals surface area contributed by atoms with Crippen molar-refractivity contribution in [3.63, 3.8) is 0 Å². The number of carbonyl (C=O) groups excluding carboxylic acids is 1. The highest BCUT2D eigenvalue weighted by Crippen LogP contribution is 2.43.